The number of hydrogen-bond donors (Lipinski definition) is 1. The Morgan fingerprint density at radius 2 is 1.69 bits per heavy atom. The molecular formula is C21H35N5. The molecule has 1 saturated carbocycles. The van der Waals surface area contributed by atoms with Gasteiger partial charge in [0.05, 0.1) is 0 Å². The lowest BCUT2D eigenvalue weighted by Gasteiger charge is -2.26. The van der Waals surface area contributed by atoms with Gasteiger partial charge in [0.1, 0.15) is 5.82 Å². The monoisotopic (exact) mass is 357 g/mol. The van der Waals surface area contributed by atoms with E-state index in [0.717, 1.165) is 37.3 Å². The van der Waals surface area contributed by atoms with Crippen molar-refractivity contribution in [2.75, 3.05) is 42.9 Å². The molecule has 1 aromatic rings. The van der Waals surface area contributed by atoms with Crippen molar-refractivity contribution in [3.63, 3.8) is 0 Å². The maximum Gasteiger partial charge on any atom is 0.224 e. The highest BCUT2D eigenvalue weighted by atomic mass is 15.3. The summed E-state index contributed by atoms with van der Waals surface area (Å²) in [6.45, 7) is 5.94. The summed E-state index contributed by atoms with van der Waals surface area (Å²) in [5.41, 5.74) is 0. The molecule has 0 amide bonds. The van der Waals surface area contributed by atoms with Crippen molar-refractivity contribution < 1.29 is 0 Å². The van der Waals surface area contributed by atoms with Crippen molar-refractivity contribution in [1.29, 1.82) is 0 Å². The van der Waals surface area contributed by atoms with Gasteiger partial charge < -0.3 is 15.1 Å². The van der Waals surface area contributed by atoms with Crippen LogP contribution in [0.2, 0.25) is 0 Å². The van der Waals surface area contributed by atoms with Crippen molar-refractivity contribution >= 4 is 11.8 Å². The molecule has 4 rings (SSSR count). The van der Waals surface area contributed by atoms with Gasteiger partial charge in [0.15, 0.2) is 0 Å². The molecule has 0 bridgehead atoms. The van der Waals surface area contributed by atoms with E-state index < -0.39 is 0 Å². The molecule has 26 heavy (non-hydrogen) atoms. The zero-order chi connectivity index (χ0) is 17.6. The van der Waals surface area contributed by atoms with Crippen LogP contribution in [0.3, 0.4) is 0 Å². The van der Waals surface area contributed by atoms with E-state index in [1.807, 2.05) is 6.20 Å². The topological polar surface area (TPSA) is 44.3 Å². The van der Waals surface area contributed by atoms with Gasteiger partial charge in [-0.2, -0.15) is 4.98 Å². The van der Waals surface area contributed by atoms with Crippen LogP contribution in [-0.4, -0.2) is 53.6 Å². The molecule has 5 heteroatoms. The molecule has 3 fully saturated rings. The number of anilines is 2. The van der Waals surface area contributed by atoms with Crippen LogP contribution in [-0.2, 0) is 0 Å². The Morgan fingerprint density at radius 1 is 0.923 bits per heavy atom. The fraction of sp³-hybridized carbons (Fsp3) is 0.810. The van der Waals surface area contributed by atoms with Crippen LogP contribution < -0.4 is 10.2 Å². The van der Waals surface area contributed by atoms with Crippen LogP contribution in [0.15, 0.2) is 12.3 Å². The van der Waals surface area contributed by atoms with Crippen LogP contribution in [0.25, 0.3) is 0 Å². The number of nitrogens with zero attached hydrogens (tertiary/aromatic N) is 4. The predicted octanol–water partition coefficient (Wildman–Crippen LogP) is 3.92. The van der Waals surface area contributed by atoms with Gasteiger partial charge in [-0.05, 0) is 44.1 Å². The number of aromatic nitrogens is 2. The molecule has 5 nitrogen and oxygen atoms in total. The fourth-order valence-electron chi connectivity index (χ4n) is 4.93. The molecule has 1 aromatic heterocycles. The van der Waals surface area contributed by atoms with Crippen LogP contribution in [0.1, 0.15) is 64.2 Å². The molecule has 3 heterocycles. The molecular weight excluding hydrogens is 322 g/mol. The maximum atomic E-state index is 4.83. The summed E-state index contributed by atoms with van der Waals surface area (Å²) in [6, 6.07) is 2.57. The Bertz CT molecular complexity index is 549. The fourth-order valence-corrected chi connectivity index (χ4v) is 4.93. The molecule has 0 aromatic carbocycles. The van der Waals surface area contributed by atoms with Gasteiger partial charge in [0.2, 0.25) is 5.95 Å². The minimum Gasteiger partial charge on any atom is -0.356 e. The summed E-state index contributed by atoms with van der Waals surface area (Å²) in [4.78, 5) is 14.4. The second-order valence-electron chi connectivity index (χ2n) is 8.53. The molecule has 0 radical (unpaired) electrons. The van der Waals surface area contributed by atoms with Crippen LogP contribution in [0.5, 0.6) is 0 Å². The molecule has 1 atom stereocenters. The second kappa shape index (κ2) is 9.03. The Hall–Kier alpha value is -1.36. The van der Waals surface area contributed by atoms with Crippen LogP contribution >= 0.6 is 0 Å². The average Bonchev–Trinajstić information content (AvgIpc) is 2.94. The van der Waals surface area contributed by atoms with Crippen molar-refractivity contribution in [1.82, 2.24) is 14.9 Å². The van der Waals surface area contributed by atoms with E-state index in [1.165, 1.54) is 77.3 Å². The molecule has 3 aliphatic rings. The smallest absolute Gasteiger partial charge is 0.224 e. The highest BCUT2D eigenvalue weighted by Crippen LogP contribution is 2.26. The molecule has 2 aliphatic heterocycles. The minimum absolute atomic E-state index is 0.498. The van der Waals surface area contributed by atoms with Crippen LogP contribution in [0.4, 0.5) is 11.8 Å². The summed E-state index contributed by atoms with van der Waals surface area (Å²) >= 11 is 0. The van der Waals surface area contributed by atoms with E-state index in [-0.39, 0.29) is 0 Å². The van der Waals surface area contributed by atoms with E-state index in [2.05, 4.69) is 26.2 Å². The van der Waals surface area contributed by atoms with Crippen molar-refractivity contribution in [2.45, 2.75) is 70.3 Å². The summed E-state index contributed by atoms with van der Waals surface area (Å²) in [5, 5.41) is 3.61. The molecule has 1 aliphatic carbocycles. The largest absolute Gasteiger partial charge is 0.356 e. The Labute approximate surface area is 158 Å². The first-order valence-corrected chi connectivity index (χ1v) is 10.9. The summed E-state index contributed by atoms with van der Waals surface area (Å²) in [6.07, 6.45) is 15.6. The third-order valence-corrected chi connectivity index (χ3v) is 6.42. The van der Waals surface area contributed by atoms with Crippen molar-refractivity contribution in [2.24, 2.45) is 5.92 Å². The van der Waals surface area contributed by atoms with Crippen molar-refractivity contribution in [3.8, 4) is 0 Å². The van der Waals surface area contributed by atoms with Gasteiger partial charge in [-0.3, -0.25) is 0 Å². The van der Waals surface area contributed by atoms with E-state index in [4.69, 9.17) is 4.98 Å². The third kappa shape index (κ3) is 4.87. The Kier molecular flexibility index (Phi) is 6.26. The zero-order valence-electron chi connectivity index (χ0n) is 16.2. The van der Waals surface area contributed by atoms with Gasteiger partial charge >= 0.3 is 0 Å². The lowest BCUT2D eigenvalue weighted by Crippen LogP contribution is -2.31. The highest BCUT2D eigenvalue weighted by molar-refractivity contribution is 5.43. The van der Waals surface area contributed by atoms with Gasteiger partial charge in [0.25, 0.3) is 0 Å². The molecule has 1 N–H and O–H groups in total. The average molecular weight is 358 g/mol. The number of likely N-dealkylation sites (tertiary alicyclic amines) is 1. The summed E-state index contributed by atoms with van der Waals surface area (Å²) in [7, 11) is 0. The number of rotatable bonds is 5. The van der Waals surface area contributed by atoms with Crippen LogP contribution in [0, 0.1) is 5.92 Å². The van der Waals surface area contributed by atoms with E-state index >= 15 is 0 Å². The molecule has 2 saturated heterocycles. The first kappa shape index (κ1) is 18.0. The van der Waals surface area contributed by atoms with E-state index in [9.17, 15) is 0 Å². The zero-order valence-corrected chi connectivity index (χ0v) is 16.2. The highest BCUT2D eigenvalue weighted by Gasteiger charge is 2.26. The minimum atomic E-state index is 0.498. The number of nitrogens with one attached hydrogen (secondary N) is 1. The molecule has 1 unspecified atom stereocenters. The van der Waals surface area contributed by atoms with Crippen molar-refractivity contribution in [3.05, 3.63) is 12.3 Å². The lowest BCUT2D eigenvalue weighted by atomic mass is 9.89. The van der Waals surface area contributed by atoms with E-state index in [0.29, 0.717) is 6.04 Å². The number of hydrogen-bond acceptors (Lipinski definition) is 5. The SMILES string of the molecule is c1cc(N2CCCCCC2)nc(NC2CCN(CC3CCCCC3)C2)n1. The van der Waals surface area contributed by atoms with E-state index in [1.54, 1.807) is 0 Å². The Balaban J connectivity index is 1.29. The molecule has 144 valence electrons. The summed E-state index contributed by atoms with van der Waals surface area (Å²) < 4.78 is 0. The third-order valence-electron chi connectivity index (χ3n) is 6.42. The van der Waals surface area contributed by atoms with Gasteiger partial charge in [0, 0.05) is 45.0 Å². The normalized spacial score (nSPS) is 26.0. The maximum absolute atomic E-state index is 4.83. The first-order valence-electron chi connectivity index (χ1n) is 10.9. The predicted molar refractivity (Wildman–Crippen MR) is 108 cm³/mol. The van der Waals surface area contributed by atoms with Gasteiger partial charge in [-0.25, -0.2) is 4.98 Å². The second-order valence-corrected chi connectivity index (χ2v) is 8.53. The summed E-state index contributed by atoms with van der Waals surface area (Å²) in [5.74, 6) is 2.85. The standard InChI is InChI=1S/C21H35N5/c1-2-7-14-26(13-6-1)20-10-12-22-21(24-20)23-19-11-15-25(17-19)16-18-8-4-3-5-9-18/h10,12,18-19H,1-9,11,13-17H2,(H,22,23,24). The first-order chi connectivity index (χ1) is 12.9. The van der Waals surface area contributed by atoms with Gasteiger partial charge in [-0.15, -0.1) is 0 Å². The van der Waals surface area contributed by atoms with Gasteiger partial charge in [-0.1, -0.05) is 32.1 Å². The molecule has 0 spiro atoms. The Morgan fingerprint density at radius 3 is 2.50 bits per heavy atom. The lowest BCUT2D eigenvalue weighted by molar-refractivity contribution is 0.233. The quantitative estimate of drug-likeness (QED) is 0.865.